The molecule has 21 heavy (non-hydrogen) atoms. The minimum atomic E-state index is 0.0656. The summed E-state index contributed by atoms with van der Waals surface area (Å²) in [6.07, 6.45) is 2.18. The second kappa shape index (κ2) is 5.80. The summed E-state index contributed by atoms with van der Waals surface area (Å²) in [5.41, 5.74) is 5.05. The smallest absolute Gasteiger partial charge is 0.144 e. The number of hydrogen-bond acceptors (Lipinski definition) is 2. The molecule has 0 spiro atoms. The highest BCUT2D eigenvalue weighted by molar-refractivity contribution is 5.60. The SMILES string of the molecule is CCc1ccc(C2Oc3ccc(CC)cc3NC2C)cc1. The highest BCUT2D eigenvalue weighted by Crippen LogP contribution is 2.38. The fourth-order valence-electron chi connectivity index (χ4n) is 2.87. The molecule has 0 saturated carbocycles. The molecule has 1 N–H and O–H groups in total. The second-order valence-corrected chi connectivity index (χ2v) is 5.75. The maximum absolute atomic E-state index is 6.24. The van der Waals surface area contributed by atoms with E-state index in [0.717, 1.165) is 24.3 Å². The minimum Gasteiger partial charge on any atom is -0.481 e. The Bertz CT molecular complexity index is 618. The van der Waals surface area contributed by atoms with E-state index >= 15 is 0 Å². The Morgan fingerprint density at radius 1 is 0.952 bits per heavy atom. The molecule has 2 aromatic rings. The molecule has 110 valence electrons. The minimum absolute atomic E-state index is 0.0656. The Morgan fingerprint density at radius 3 is 2.29 bits per heavy atom. The number of anilines is 1. The van der Waals surface area contributed by atoms with Crippen molar-refractivity contribution in [3.05, 3.63) is 59.2 Å². The fraction of sp³-hybridized carbons (Fsp3) is 0.368. The van der Waals surface area contributed by atoms with Gasteiger partial charge in [0.1, 0.15) is 11.9 Å². The van der Waals surface area contributed by atoms with Gasteiger partial charge in [-0.2, -0.15) is 0 Å². The van der Waals surface area contributed by atoms with Crippen molar-refractivity contribution >= 4 is 5.69 Å². The van der Waals surface area contributed by atoms with Gasteiger partial charge in [0.2, 0.25) is 0 Å². The van der Waals surface area contributed by atoms with Gasteiger partial charge in [0.15, 0.2) is 0 Å². The van der Waals surface area contributed by atoms with Gasteiger partial charge in [-0.15, -0.1) is 0 Å². The predicted octanol–water partition coefficient (Wildman–Crippen LogP) is 4.75. The molecule has 2 heteroatoms. The maximum Gasteiger partial charge on any atom is 0.144 e. The number of rotatable bonds is 3. The topological polar surface area (TPSA) is 21.3 Å². The van der Waals surface area contributed by atoms with Crippen molar-refractivity contribution in [3.63, 3.8) is 0 Å². The summed E-state index contributed by atoms with van der Waals surface area (Å²) in [6, 6.07) is 15.5. The van der Waals surface area contributed by atoms with E-state index in [0.29, 0.717) is 0 Å². The van der Waals surface area contributed by atoms with E-state index in [9.17, 15) is 0 Å². The monoisotopic (exact) mass is 281 g/mol. The third kappa shape index (κ3) is 2.76. The lowest BCUT2D eigenvalue weighted by Crippen LogP contribution is -2.32. The van der Waals surface area contributed by atoms with Crippen LogP contribution in [-0.2, 0) is 12.8 Å². The van der Waals surface area contributed by atoms with Crippen molar-refractivity contribution < 1.29 is 4.74 Å². The molecule has 0 saturated heterocycles. The molecule has 2 unspecified atom stereocenters. The average Bonchev–Trinajstić information content (AvgIpc) is 2.53. The number of hydrogen-bond donors (Lipinski definition) is 1. The molecule has 0 bridgehead atoms. The molecule has 1 aliphatic rings. The average molecular weight is 281 g/mol. The summed E-state index contributed by atoms with van der Waals surface area (Å²) in [7, 11) is 0. The van der Waals surface area contributed by atoms with Crippen LogP contribution in [0.3, 0.4) is 0 Å². The molecule has 2 atom stereocenters. The summed E-state index contributed by atoms with van der Waals surface area (Å²) < 4.78 is 6.24. The molecule has 2 nitrogen and oxygen atoms in total. The number of nitrogens with one attached hydrogen (secondary N) is 1. The van der Waals surface area contributed by atoms with Gasteiger partial charge in [-0.1, -0.05) is 44.2 Å². The Balaban J connectivity index is 1.87. The van der Waals surface area contributed by atoms with Crippen molar-refractivity contribution in [2.24, 2.45) is 0 Å². The van der Waals surface area contributed by atoms with Crippen LogP contribution in [-0.4, -0.2) is 6.04 Å². The lowest BCUT2D eigenvalue weighted by atomic mass is 9.99. The second-order valence-electron chi connectivity index (χ2n) is 5.75. The maximum atomic E-state index is 6.24. The van der Waals surface area contributed by atoms with Gasteiger partial charge in [0.05, 0.1) is 11.7 Å². The molecule has 3 rings (SSSR count). The zero-order chi connectivity index (χ0) is 14.8. The first kappa shape index (κ1) is 14.0. The van der Waals surface area contributed by atoms with Gasteiger partial charge in [0.25, 0.3) is 0 Å². The van der Waals surface area contributed by atoms with Crippen LogP contribution in [0.5, 0.6) is 5.75 Å². The zero-order valence-electron chi connectivity index (χ0n) is 13.0. The van der Waals surface area contributed by atoms with E-state index in [1.54, 1.807) is 0 Å². The Kier molecular flexibility index (Phi) is 3.87. The summed E-state index contributed by atoms with van der Waals surface area (Å²) in [4.78, 5) is 0. The summed E-state index contributed by atoms with van der Waals surface area (Å²) >= 11 is 0. The van der Waals surface area contributed by atoms with Crippen LogP contribution in [0.15, 0.2) is 42.5 Å². The first-order chi connectivity index (χ1) is 10.2. The first-order valence-corrected chi connectivity index (χ1v) is 7.86. The predicted molar refractivity (Wildman–Crippen MR) is 88.1 cm³/mol. The molecule has 0 amide bonds. The van der Waals surface area contributed by atoms with Gasteiger partial charge in [0, 0.05) is 0 Å². The Hall–Kier alpha value is -1.96. The highest BCUT2D eigenvalue weighted by atomic mass is 16.5. The van der Waals surface area contributed by atoms with Crippen molar-refractivity contribution in [2.75, 3.05) is 5.32 Å². The van der Waals surface area contributed by atoms with Crippen molar-refractivity contribution in [1.29, 1.82) is 0 Å². The third-order valence-corrected chi connectivity index (χ3v) is 4.26. The number of fused-ring (bicyclic) bond motifs is 1. The summed E-state index contributed by atoms with van der Waals surface area (Å²) in [5.74, 6) is 0.954. The van der Waals surface area contributed by atoms with Crippen molar-refractivity contribution in [2.45, 2.75) is 45.8 Å². The first-order valence-electron chi connectivity index (χ1n) is 7.86. The number of aryl methyl sites for hydroxylation is 2. The molecule has 0 radical (unpaired) electrons. The van der Waals surface area contributed by atoms with E-state index in [1.165, 1.54) is 16.7 Å². The molecule has 1 heterocycles. The van der Waals surface area contributed by atoms with Crippen LogP contribution in [0, 0.1) is 0 Å². The fourth-order valence-corrected chi connectivity index (χ4v) is 2.87. The van der Waals surface area contributed by atoms with E-state index in [1.807, 2.05) is 0 Å². The zero-order valence-corrected chi connectivity index (χ0v) is 13.0. The van der Waals surface area contributed by atoms with E-state index in [2.05, 4.69) is 68.6 Å². The normalized spacial score (nSPS) is 20.3. The standard InChI is InChI=1S/C19H23NO/c1-4-14-6-9-16(10-7-14)19-13(3)20-17-12-15(5-2)8-11-18(17)21-19/h6-13,19-20H,4-5H2,1-3H3. The molecule has 1 aliphatic heterocycles. The molecule has 2 aromatic carbocycles. The van der Waals surface area contributed by atoms with Crippen LogP contribution in [0.4, 0.5) is 5.69 Å². The molecule has 0 fully saturated rings. The van der Waals surface area contributed by atoms with Crippen molar-refractivity contribution in [3.8, 4) is 5.75 Å². The van der Waals surface area contributed by atoms with Crippen molar-refractivity contribution in [1.82, 2.24) is 0 Å². The third-order valence-electron chi connectivity index (χ3n) is 4.26. The molecule has 0 aromatic heterocycles. The molecule has 0 aliphatic carbocycles. The Labute approximate surface area is 127 Å². The van der Waals surface area contributed by atoms with Gasteiger partial charge in [-0.05, 0) is 48.6 Å². The van der Waals surface area contributed by atoms with Crippen LogP contribution < -0.4 is 10.1 Å². The van der Waals surface area contributed by atoms with Crippen LogP contribution in [0.25, 0.3) is 0 Å². The number of ether oxygens (including phenoxy) is 1. The van der Waals surface area contributed by atoms with Crippen LogP contribution in [0.2, 0.25) is 0 Å². The largest absolute Gasteiger partial charge is 0.481 e. The van der Waals surface area contributed by atoms with E-state index in [-0.39, 0.29) is 12.1 Å². The van der Waals surface area contributed by atoms with Crippen LogP contribution in [0.1, 0.15) is 43.6 Å². The van der Waals surface area contributed by atoms with E-state index < -0.39 is 0 Å². The summed E-state index contributed by atoms with van der Waals surface area (Å²) in [5, 5.41) is 3.59. The van der Waals surface area contributed by atoms with Crippen LogP contribution >= 0.6 is 0 Å². The van der Waals surface area contributed by atoms with Gasteiger partial charge in [-0.3, -0.25) is 0 Å². The number of benzene rings is 2. The highest BCUT2D eigenvalue weighted by Gasteiger charge is 2.27. The lowest BCUT2D eigenvalue weighted by molar-refractivity contribution is 0.177. The van der Waals surface area contributed by atoms with Gasteiger partial charge in [-0.25, -0.2) is 0 Å². The van der Waals surface area contributed by atoms with Gasteiger partial charge < -0.3 is 10.1 Å². The van der Waals surface area contributed by atoms with E-state index in [4.69, 9.17) is 4.74 Å². The molecular formula is C19H23NO. The Morgan fingerprint density at radius 2 is 1.62 bits per heavy atom. The lowest BCUT2D eigenvalue weighted by Gasteiger charge is -2.33. The van der Waals surface area contributed by atoms with Gasteiger partial charge >= 0.3 is 0 Å². The quantitative estimate of drug-likeness (QED) is 0.877. The molecular weight excluding hydrogens is 258 g/mol. The summed E-state index contributed by atoms with van der Waals surface area (Å²) in [6.45, 7) is 6.53.